The second kappa shape index (κ2) is 7.91. The predicted molar refractivity (Wildman–Crippen MR) is 110 cm³/mol. The molecule has 6 heteroatoms. The van der Waals surface area contributed by atoms with Crippen LogP contribution >= 0.6 is 24.0 Å². The third-order valence-corrected chi connectivity index (χ3v) is 5.61. The van der Waals surface area contributed by atoms with Gasteiger partial charge < -0.3 is 9.67 Å². The molecule has 4 nitrogen and oxygen atoms in total. The highest BCUT2D eigenvalue weighted by Gasteiger charge is 2.29. The lowest BCUT2D eigenvalue weighted by Gasteiger charge is -2.21. The van der Waals surface area contributed by atoms with Crippen LogP contribution in [0.4, 0.5) is 0 Å². The zero-order valence-corrected chi connectivity index (χ0v) is 16.7. The van der Waals surface area contributed by atoms with E-state index in [9.17, 15) is 9.90 Å². The molecule has 3 aromatic rings. The zero-order valence-electron chi connectivity index (χ0n) is 15.1. The van der Waals surface area contributed by atoms with Gasteiger partial charge in [0.1, 0.15) is 0 Å². The molecule has 4 rings (SSSR count). The van der Waals surface area contributed by atoms with E-state index in [1.807, 2.05) is 31.3 Å². The third kappa shape index (κ3) is 3.83. The Balaban J connectivity index is 0.00000210. The van der Waals surface area contributed by atoms with Gasteiger partial charge in [-0.25, -0.2) is 0 Å². The summed E-state index contributed by atoms with van der Waals surface area (Å²) in [7, 11) is 0. The van der Waals surface area contributed by atoms with E-state index < -0.39 is 5.97 Å². The van der Waals surface area contributed by atoms with Crippen molar-refractivity contribution in [1.82, 2.24) is 9.55 Å². The van der Waals surface area contributed by atoms with Crippen molar-refractivity contribution < 1.29 is 9.90 Å². The monoisotopic (exact) mass is 404 g/mol. The van der Waals surface area contributed by atoms with Crippen molar-refractivity contribution in [3.63, 3.8) is 0 Å². The summed E-state index contributed by atoms with van der Waals surface area (Å²) in [4.78, 5) is 15.9. The Hall–Kier alpha value is -2.04. The SMILES string of the molecule is Cc1ccc(CCn2c3c(c4cc(Cl)ccc42)CCC(C(=O)O)C3)cn1.Cl. The molecule has 0 bridgehead atoms. The standard InChI is InChI=1S/C21H21ClN2O2.ClH/c1-13-2-3-14(12-23-13)8-9-24-19-7-5-16(22)11-18(19)17-6-4-15(21(25)26)10-20(17)24;/h2-3,5,7,11-12,15H,4,6,8-10H2,1H3,(H,25,26);1H. The van der Waals surface area contributed by atoms with Gasteiger partial charge in [0.05, 0.1) is 5.92 Å². The fourth-order valence-corrected chi connectivity index (χ4v) is 4.14. The van der Waals surface area contributed by atoms with Crippen LogP contribution in [0.2, 0.25) is 5.02 Å². The van der Waals surface area contributed by atoms with E-state index in [1.165, 1.54) is 16.5 Å². The van der Waals surface area contributed by atoms with Gasteiger partial charge in [-0.2, -0.15) is 0 Å². The molecule has 27 heavy (non-hydrogen) atoms. The van der Waals surface area contributed by atoms with E-state index in [1.54, 1.807) is 0 Å². The molecule has 0 aliphatic heterocycles. The first-order valence-corrected chi connectivity index (χ1v) is 9.34. The molecule has 0 spiro atoms. The number of aryl methyl sites for hydroxylation is 4. The van der Waals surface area contributed by atoms with E-state index in [0.29, 0.717) is 12.8 Å². The number of aromatic nitrogens is 2. The highest BCUT2D eigenvalue weighted by molar-refractivity contribution is 6.31. The van der Waals surface area contributed by atoms with Crippen LogP contribution in [0.15, 0.2) is 36.5 Å². The average Bonchev–Trinajstić information content (AvgIpc) is 2.93. The number of pyridine rings is 1. The number of carbonyl (C=O) groups is 1. The second-order valence-corrected chi connectivity index (χ2v) is 7.51. The molecule has 1 aliphatic carbocycles. The van der Waals surface area contributed by atoms with Crippen LogP contribution in [-0.2, 0) is 30.6 Å². The zero-order chi connectivity index (χ0) is 18.3. The Labute approximate surface area is 169 Å². The molecule has 0 saturated heterocycles. The van der Waals surface area contributed by atoms with Gasteiger partial charge in [-0.3, -0.25) is 9.78 Å². The molecule has 0 fully saturated rings. The largest absolute Gasteiger partial charge is 0.481 e. The quantitative estimate of drug-likeness (QED) is 0.675. The van der Waals surface area contributed by atoms with Gasteiger partial charge >= 0.3 is 5.97 Å². The fraction of sp³-hybridized carbons (Fsp3) is 0.333. The molecular formula is C21H22Cl2N2O2. The van der Waals surface area contributed by atoms with Gasteiger partial charge in [0.15, 0.2) is 0 Å². The molecule has 1 unspecified atom stereocenters. The van der Waals surface area contributed by atoms with Crippen molar-refractivity contribution in [1.29, 1.82) is 0 Å². The van der Waals surface area contributed by atoms with Gasteiger partial charge in [-0.05, 0) is 61.6 Å². The fourth-order valence-electron chi connectivity index (χ4n) is 3.97. The summed E-state index contributed by atoms with van der Waals surface area (Å²) in [6.45, 7) is 2.79. The number of hydrogen-bond donors (Lipinski definition) is 1. The Bertz CT molecular complexity index is 980. The van der Waals surface area contributed by atoms with Gasteiger partial charge in [0.25, 0.3) is 0 Å². The molecule has 1 aliphatic rings. The Kier molecular flexibility index (Phi) is 5.78. The average molecular weight is 405 g/mol. The van der Waals surface area contributed by atoms with Gasteiger partial charge in [0.2, 0.25) is 0 Å². The van der Waals surface area contributed by atoms with Crippen molar-refractivity contribution in [2.24, 2.45) is 5.92 Å². The molecule has 2 heterocycles. The lowest BCUT2D eigenvalue weighted by molar-refractivity contribution is -0.142. The molecule has 0 radical (unpaired) electrons. The highest BCUT2D eigenvalue weighted by Crippen LogP contribution is 2.36. The molecule has 0 saturated carbocycles. The predicted octanol–water partition coefficient (Wildman–Crippen LogP) is 4.85. The second-order valence-electron chi connectivity index (χ2n) is 7.07. The normalized spacial score (nSPS) is 16.0. The molecular weight excluding hydrogens is 383 g/mol. The van der Waals surface area contributed by atoms with Crippen molar-refractivity contribution in [2.45, 2.75) is 39.2 Å². The minimum Gasteiger partial charge on any atom is -0.481 e. The number of rotatable bonds is 4. The van der Waals surface area contributed by atoms with Crippen molar-refractivity contribution in [3.8, 4) is 0 Å². The maximum atomic E-state index is 11.5. The summed E-state index contributed by atoms with van der Waals surface area (Å²) in [5, 5.41) is 11.4. The Morgan fingerprint density at radius 2 is 2.15 bits per heavy atom. The lowest BCUT2D eigenvalue weighted by atomic mass is 9.87. The number of hydrogen-bond acceptors (Lipinski definition) is 2. The summed E-state index contributed by atoms with van der Waals surface area (Å²) in [5.41, 5.74) is 5.76. The maximum Gasteiger partial charge on any atom is 0.306 e. The summed E-state index contributed by atoms with van der Waals surface area (Å²) < 4.78 is 2.29. The highest BCUT2D eigenvalue weighted by atomic mass is 35.5. The molecule has 0 amide bonds. The van der Waals surface area contributed by atoms with Crippen LogP contribution in [-0.4, -0.2) is 20.6 Å². The maximum absolute atomic E-state index is 11.5. The molecule has 1 aromatic carbocycles. The van der Waals surface area contributed by atoms with E-state index >= 15 is 0 Å². The van der Waals surface area contributed by atoms with Crippen LogP contribution < -0.4 is 0 Å². The van der Waals surface area contributed by atoms with E-state index in [-0.39, 0.29) is 18.3 Å². The van der Waals surface area contributed by atoms with Gasteiger partial charge in [-0.15, -0.1) is 12.4 Å². The first kappa shape index (κ1) is 19.7. The number of fused-ring (bicyclic) bond motifs is 3. The van der Waals surface area contributed by atoms with E-state index in [4.69, 9.17) is 11.6 Å². The molecule has 2 aromatic heterocycles. The van der Waals surface area contributed by atoms with Crippen LogP contribution in [0, 0.1) is 12.8 Å². The van der Waals surface area contributed by atoms with Crippen LogP contribution in [0.1, 0.15) is 28.9 Å². The third-order valence-electron chi connectivity index (χ3n) is 5.38. The van der Waals surface area contributed by atoms with Crippen molar-refractivity contribution in [3.05, 3.63) is 64.1 Å². The minimum absolute atomic E-state index is 0. The number of halogens is 2. The van der Waals surface area contributed by atoms with E-state index in [2.05, 4.69) is 21.7 Å². The first-order valence-electron chi connectivity index (χ1n) is 8.97. The van der Waals surface area contributed by atoms with Crippen LogP contribution in [0.3, 0.4) is 0 Å². The summed E-state index contributed by atoms with van der Waals surface area (Å²) >= 11 is 6.23. The summed E-state index contributed by atoms with van der Waals surface area (Å²) in [6, 6.07) is 10.1. The number of benzene rings is 1. The topological polar surface area (TPSA) is 55.1 Å². The van der Waals surface area contributed by atoms with Gasteiger partial charge in [-0.1, -0.05) is 17.7 Å². The van der Waals surface area contributed by atoms with Crippen molar-refractivity contribution >= 4 is 40.9 Å². The summed E-state index contributed by atoms with van der Waals surface area (Å²) in [5.74, 6) is -1.00. The summed E-state index contributed by atoms with van der Waals surface area (Å²) in [6.07, 6.45) is 4.86. The molecule has 142 valence electrons. The van der Waals surface area contributed by atoms with E-state index in [0.717, 1.165) is 41.3 Å². The molecule has 1 N–H and O–H groups in total. The Morgan fingerprint density at radius 3 is 2.85 bits per heavy atom. The molecule has 1 atom stereocenters. The number of aliphatic carboxylic acids is 1. The smallest absolute Gasteiger partial charge is 0.306 e. The number of carboxylic acids is 1. The minimum atomic E-state index is -0.701. The van der Waals surface area contributed by atoms with Crippen LogP contribution in [0.5, 0.6) is 0 Å². The Morgan fingerprint density at radius 1 is 1.33 bits per heavy atom. The van der Waals surface area contributed by atoms with Gasteiger partial charge in [0, 0.05) is 46.5 Å². The van der Waals surface area contributed by atoms with Crippen LogP contribution in [0.25, 0.3) is 10.9 Å². The first-order chi connectivity index (χ1) is 12.5. The van der Waals surface area contributed by atoms with Crippen molar-refractivity contribution in [2.75, 3.05) is 0 Å². The number of nitrogens with zero attached hydrogens (tertiary/aromatic N) is 2. The lowest BCUT2D eigenvalue weighted by Crippen LogP contribution is -2.23. The number of carboxylic acid groups (broad SMARTS) is 1.